The van der Waals surface area contributed by atoms with E-state index >= 15 is 0 Å². The molecule has 21 heavy (non-hydrogen) atoms. The van der Waals surface area contributed by atoms with Crippen molar-refractivity contribution in [1.29, 1.82) is 0 Å². The van der Waals surface area contributed by atoms with E-state index in [0.717, 1.165) is 14.2 Å². The van der Waals surface area contributed by atoms with Crippen LogP contribution < -0.4 is 5.32 Å². The van der Waals surface area contributed by atoms with Gasteiger partial charge in [-0.25, -0.2) is 0 Å². The van der Waals surface area contributed by atoms with Crippen LogP contribution >= 0.6 is 34.9 Å². The van der Waals surface area contributed by atoms with E-state index in [4.69, 9.17) is 0 Å². The molecule has 0 unspecified atom stereocenters. The zero-order valence-electron chi connectivity index (χ0n) is 11.5. The lowest BCUT2D eigenvalue weighted by atomic mass is 10.2. The summed E-state index contributed by atoms with van der Waals surface area (Å²) in [5.41, 5.74) is 1.68. The van der Waals surface area contributed by atoms with Gasteiger partial charge in [0.15, 0.2) is 8.68 Å². The van der Waals surface area contributed by atoms with E-state index in [1.807, 2.05) is 19.2 Å². The van der Waals surface area contributed by atoms with Gasteiger partial charge in [0, 0.05) is 18.4 Å². The molecule has 1 N–H and O–H groups in total. The van der Waals surface area contributed by atoms with Gasteiger partial charge in [-0.15, -0.1) is 10.2 Å². The molecule has 0 spiro atoms. The number of aromatic nitrogens is 2. The van der Waals surface area contributed by atoms with Gasteiger partial charge in [-0.3, -0.25) is 10.1 Å². The molecule has 0 saturated carbocycles. The Hall–Kier alpha value is -1.32. The van der Waals surface area contributed by atoms with Crippen LogP contribution in [0.3, 0.4) is 0 Å². The normalized spacial score (nSPS) is 10.6. The minimum Gasteiger partial charge on any atom is -0.380 e. The molecule has 0 aliphatic heterocycles. The number of hydrogen-bond acceptors (Lipinski definition) is 8. The van der Waals surface area contributed by atoms with E-state index in [1.165, 1.54) is 0 Å². The van der Waals surface area contributed by atoms with E-state index in [1.54, 1.807) is 47.0 Å². The summed E-state index contributed by atoms with van der Waals surface area (Å²) in [5.74, 6) is 0.708. The Morgan fingerprint density at radius 3 is 2.76 bits per heavy atom. The first-order valence-electron chi connectivity index (χ1n) is 6.15. The number of nitro groups is 1. The number of rotatable bonds is 7. The van der Waals surface area contributed by atoms with Crippen LogP contribution in [0.2, 0.25) is 0 Å². The number of nitrogens with zero attached hydrogens (tertiary/aromatic N) is 3. The van der Waals surface area contributed by atoms with Crippen molar-refractivity contribution in [2.45, 2.75) is 21.4 Å². The fraction of sp³-hybridized carbons (Fsp3) is 0.333. The number of thioether (sulfide) groups is 2. The Morgan fingerprint density at radius 1 is 1.38 bits per heavy atom. The van der Waals surface area contributed by atoms with Gasteiger partial charge >= 0.3 is 0 Å². The van der Waals surface area contributed by atoms with Gasteiger partial charge in [-0.05, 0) is 24.8 Å². The molecule has 0 saturated heterocycles. The van der Waals surface area contributed by atoms with Crippen LogP contribution in [0.25, 0.3) is 0 Å². The van der Waals surface area contributed by atoms with Gasteiger partial charge in [0.25, 0.3) is 5.69 Å². The summed E-state index contributed by atoms with van der Waals surface area (Å²) < 4.78 is 1.84. The van der Waals surface area contributed by atoms with Gasteiger partial charge in [-0.2, -0.15) is 0 Å². The zero-order valence-corrected chi connectivity index (χ0v) is 14.0. The van der Waals surface area contributed by atoms with Gasteiger partial charge in [0.2, 0.25) is 0 Å². The van der Waals surface area contributed by atoms with Crippen molar-refractivity contribution in [1.82, 2.24) is 10.2 Å². The SMILES string of the molecule is CCNc1cc(CSc2nnc(SC)s2)ccc1[N+](=O)[O-]. The minimum absolute atomic E-state index is 0.103. The Balaban J connectivity index is 2.09. The Bertz CT molecular complexity index is 633. The molecule has 0 fully saturated rings. The van der Waals surface area contributed by atoms with Crippen LogP contribution in [0.5, 0.6) is 0 Å². The molecule has 0 aliphatic carbocycles. The van der Waals surface area contributed by atoms with Gasteiger partial charge < -0.3 is 5.32 Å². The molecular formula is C12H14N4O2S3. The number of benzene rings is 1. The largest absolute Gasteiger partial charge is 0.380 e. The molecule has 1 aromatic carbocycles. The van der Waals surface area contributed by atoms with Gasteiger partial charge in [-0.1, -0.05) is 40.9 Å². The quantitative estimate of drug-likeness (QED) is 0.464. The average Bonchev–Trinajstić information content (AvgIpc) is 2.93. The van der Waals surface area contributed by atoms with E-state index in [9.17, 15) is 10.1 Å². The Labute approximate surface area is 134 Å². The lowest BCUT2D eigenvalue weighted by molar-refractivity contribution is -0.384. The van der Waals surface area contributed by atoms with Crippen LogP contribution in [-0.2, 0) is 5.75 Å². The van der Waals surface area contributed by atoms with Crippen LogP contribution in [-0.4, -0.2) is 27.9 Å². The highest BCUT2D eigenvalue weighted by molar-refractivity contribution is 8.02. The zero-order chi connectivity index (χ0) is 15.2. The monoisotopic (exact) mass is 342 g/mol. The van der Waals surface area contributed by atoms with Crippen LogP contribution in [0.15, 0.2) is 26.9 Å². The maximum absolute atomic E-state index is 11.0. The second-order valence-electron chi connectivity index (χ2n) is 3.97. The summed E-state index contributed by atoms with van der Waals surface area (Å²) in [7, 11) is 0. The van der Waals surface area contributed by atoms with Crippen molar-refractivity contribution in [3.63, 3.8) is 0 Å². The van der Waals surface area contributed by atoms with Gasteiger partial charge in [0.05, 0.1) is 4.92 Å². The van der Waals surface area contributed by atoms with Crippen LogP contribution in [0.4, 0.5) is 11.4 Å². The Morgan fingerprint density at radius 2 is 2.14 bits per heavy atom. The predicted molar refractivity (Wildman–Crippen MR) is 88.5 cm³/mol. The summed E-state index contributed by atoms with van der Waals surface area (Å²) in [6.45, 7) is 2.56. The lowest BCUT2D eigenvalue weighted by Crippen LogP contribution is -2.01. The van der Waals surface area contributed by atoms with Crippen molar-refractivity contribution in [3.8, 4) is 0 Å². The van der Waals surface area contributed by atoms with E-state index in [0.29, 0.717) is 18.0 Å². The summed E-state index contributed by atoms with van der Waals surface area (Å²) in [5, 5.41) is 22.1. The summed E-state index contributed by atoms with van der Waals surface area (Å²) in [4.78, 5) is 10.6. The van der Waals surface area contributed by atoms with Gasteiger partial charge in [0.1, 0.15) is 5.69 Å². The maximum atomic E-state index is 11.0. The van der Waals surface area contributed by atoms with E-state index in [2.05, 4.69) is 15.5 Å². The first-order chi connectivity index (χ1) is 10.1. The van der Waals surface area contributed by atoms with Crippen molar-refractivity contribution in [2.24, 2.45) is 0 Å². The summed E-state index contributed by atoms with van der Waals surface area (Å²) in [6.07, 6.45) is 1.97. The molecule has 9 heteroatoms. The predicted octanol–water partition coefficient (Wildman–Crippen LogP) is 3.89. The molecule has 6 nitrogen and oxygen atoms in total. The first-order valence-corrected chi connectivity index (χ1v) is 9.18. The molecule has 1 aromatic heterocycles. The highest BCUT2D eigenvalue weighted by Crippen LogP contribution is 2.32. The molecular weight excluding hydrogens is 328 g/mol. The fourth-order valence-corrected chi connectivity index (χ4v) is 4.03. The molecule has 2 aromatic rings. The number of anilines is 1. The van der Waals surface area contributed by atoms with Crippen molar-refractivity contribution >= 4 is 46.2 Å². The smallest absolute Gasteiger partial charge is 0.292 e. The molecule has 1 heterocycles. The second kappa shape index (κ2) is 7.62. The molecule has 2 rings (SSSR count). The Kier molecular flexibility index (Phi) is 5.83. The molecule has 0 amide bonds. The van der Waals surface area contributed by atoms with Crippen molar-refractivity contribution in [2.75, 3.05) is 18.1 Å². The van der Waals surface area contributed by atoms with Crippen molar-refractivity contribution < 1.29 is 4.92 Å². The van der Waals surface area contributed by atoms with E-state index < -0.39 is 0 Å². The van der Waals surface area contributed by atoms with E-state index in [-0.39, 0.29) is 10.6 Å². The number of hydrogen-bond donors (Lipinski definition) is 1. The molecule has 0 bridgehead atoms. The minimum atomic E-state index is -0.371. The molecule has 0 radical (unpaired) electrons. The van der Waals surface area contributed by atoms with Crippen molar-refractivity contribution in [3.05, 3.63) is 33.9 Å². The third-order valence-corrected chi connectivity index (χ3v) is 5.65. The maximum Gasteiger partial charge on any atom is 0.292 e. The summed E-state index contributed by atoms with van der Waals surface area (Å²) in [6, 6.07) is 5.15. The fourth-order valence-electron chi connectivity index (χ4n) is 1.65. The third-order valence-electron chi connectivity index (χ3n) is 2.55. The highest BCUT2D eigenvalue weighted by Gasteiger charge is 2.14. The standard InChI is InChI=1S/C12H14N4O2S3/c1-3-13-9-6-8(4-5-10(9)16(17)18)7-20-12-15-14-11(19-2)21-12/h4-6,13H,3,7H2,1-2H3. The molecule has 112 valence electrons. The lowest BCUT2D eigenvalue weighted by Gasteiger charge is -2.06. The number of nitrogens with one attached hydrogen (secondary N) is 1. The van der Waals surface area contributed by atoms with Crippen LogP contribution in [0.1, 0.15) is 12.5 Å². The molecule has 0 atom stereocenters. The second-order valence-corrected chi connectivity index (χ2v) is 7.22. The third kappa shape index (κ3) is 4.32. The summed E-state index contributed by atoms with van der Waals surface area (Å²) >= 11 is 4.71. The topological polar surface area (TPSA) is 81.0 Å². The first kappa shape index (κ1) is 16.1. The average molecular weight is 342 g/mol. The van der Waals surface area contributed by atoms with Crippen LogP contribution in [0, 0.1) is 10.1 Å². The molecule has 0 aliphatic rings. The highest BCUT2D eigenvalue weighted by atomic mass is 32.2. The number of nitro benzene ring substituents is 1.